The normalized spacial score (nSPS) is 11.0. The minimum absolute atomic E-state index is 0.728. The molecule has 0 aliphatic carbocycles. The van der Waals surface area contributed by atoms with Crippen molar-refractivity contribution in [3.05, 3.63) is 77.1 Å². The molecular weight excluding hydrogens is 434 g/mol. The maximum absolute atomic E-state index is 5.98. The van der Waals surface area contributed by atoms with E-state index in [1.165, 1.54) is 0 Å². The minimum Gasteiger partial charge on any atom is -0.497 e. The van der Waals surface area contributed by atoms with Crippen molar-refractivity contribution < 1.29 is 4.74 Å². The van der Waals surface area contributed by atoms with E-state index >= 15 is 0 Å². The molecule has 0 unspecified atom stereocenters. The summed E-state index contributed by atoms with van der Waals surface area (Å²) in [6.07, 6.45) is 0. The molecule has 2 aromatic heterocycles. The average molecular weight is 450 g/mol. The molecule has 2 heterocycles. The highest BCUT2D eigenvalue weighted by molar-refractivity contribution is 7.22. The number of anilines is 2. The maximum Gasteiger partial charge on any atom is 0.188 e. The maximum atomic E-state index is 5.98. The van der Waals surface area contributed by atoms with E-state index in [1.54, 1.807) is 29.8 Å². The molecule has 0 saturated heterocycles. The van der Waals surface area contributed by atoms with Gasteiger partial charge in [0.2, 0.25) is 0 Å². The number of thiazole rings is 2. The molecule has 0 aliphatic heterocycles. The van der Waals surface area contributed by atoms with E-state index in [1.807, 2.05) is 54.6 Å². The van der Waals surface area contributed by atoms with Gasteiger partial charge in [-0.1, -0.05) is 47.2 Å². The van der Waals surface area contributed by atoms with E-state index in [0.29, 0.717) is 0 Å². The zero-order valence-electron chi connectivity index (χ0n) is 15.9. The van der Waals surface area contributed by atoms with Crippen molar-refractivity contribution in [1.29, 1.82) is 0 Å². The van der Waals surface area contributed by atoms with Gasteiger partial charge >= 0.3 is 0 Å². The minimum atomic E-state index is 0.728. The second kappa shape index (κ2) is 8.07. The van der Waals surface area contributed by atoms with Gasteiger partial charge in [0.05, 0.1) is 23.0 Å². The van der Waals surface area contributed by atoms with Crippen LogP contribution in [-0.2, 0) is 0 Å². The lowest BCUT2D eigenvalue weighted by Gasteiger charge is -2.03. The van der Waals surface area contributed by atoms with E-state index in [-0.39, 0.29) is 0 Å². The molecule has 0 spiro atoms. The Balaban J connectivity index is 1.34. The second-order valence-corrected chi connectivity index (χ2v) is 8.93. The van der Waals surface area contributed by atoms with Crippen LogP contribution in [0, 0.1) is 0 Å². The van der Waals surface area contributed by atoms with Crippen molar-refractivity contribution in [2.45, 2.75) is 0 Å². The standard InChI is InChI=1S/C23H16ClN3OS2/c1-28-18-10-11-19-21(12-18)30-23(27-19)25-17-8-4-14(5-9-17)20-13-29-22(26-20)15-2-6-16(24)7-3-15/h2-13H,1H3,(H,25,27). The predicted molar refractivity (Wildman–Crippen MR) is 127 cm³/mol. The van der Waals surface area contributed by atoms with Crippen LogP contribution >= 0.6 is 34.3 Å². The van der Waals surface area contributed by atoms with Crippen LogP contribution in [0.2, 0.25) is 5.02 Å². The summed E-state index contributed by atoms with van der Waals surface area (Å²) in [5, 5.41) is 8.02. The van der Waals surface area contributed by atoms with Crippen molar-refractivity contribution in [3.8, 4) is 27.6 Å². The molecule has 0 radical (unpaired) electrons. The lowest BCUT2D eigenvalue weighted by Crippen LogP contribution is -1.89. The molecule has 148 valence electrons. The number of halogens is 1. The topological polar surface area (TPSA) is 47.0 Å². The van der Waals surface area contributed by atoms with E-state index in [2.05, 4.69) is 27.8 Å². The van der Waals surface area contributed by atoms with Gasteiger partial charge in [0.15, 0.2) is 5.13 Å². The lowest BCUT2D eigenvalue weighted by atomic mass is 10.1. The van der Waals surface area contributed by atoms with E-state index in [9.17, 15) is 0 Å². The summed E-state index contributed by atoms with van der Waals surface area (Å²) in [7, 11) is 1.67. The summed E-state index contributed by atoms with van der Waals surface area (Å²) in [5.74, 6) is 0.836. The van der Waals surface area contributed by atoms with Crippen molar-refractivity contribution in [2.75, 3.05) is 12.4 Å². The number of methoxy groups -OCH3 is 1. The summed E-state index contributed by atoms with van der Waals surface area (Å²) < 4.78 is 6.38. The molecule has 1 N–H and O–H groups in total. The third-order valence-corrected chi connectivity index (χ3v) is 6.70. The first-order valence-corrected chi connectivity index (χ1v) is 11.3. The molecule has 5 aromatic rings. The largest absolute Gasteiger partial charge is 0.497 e. The predicted octanol–water partition coefficient (Wildman–Crippen LogP) is 7.49. The zero-order valence-corrected chi connectivity index (χ0v) is 18.3. The van der Waals surface area contributed by atoms with Crippen LogP contribution in [0.1, 0.15) is 0 Å². The summed E-state index contributed by atoms with van der Waals surface area (Å²) in [5.41, 5.74) is 5.05. The number of hydrogen-bond acceptors (Lipinski definition) is 6. The molecule has 5 rings (SSSR count). The van der Waals surface area contributed by atoms with Crippen LogP contribution in [0.25, 0.3) is 32.0 Å². The van der Waals surface area contributed by atoms with Crippen molar-refractivity contribution in [1.82, 2.24) is 9.97 Å². The number of rotatable bonds is 5. The van der Waals surface area contributed by atoms with Gasteiger partial charge in [0.25, 0.3) is 0 Å². The van der Waals surface area contributed by atoms with Gasteiger partial charge in [-0.2, -0.15) is 0 Å². The monoisotopic (exact) mass is 449 g/mol. The number of fused-ring (bicyclic) bond motifs is 1. The summed E-state index contributed by atoms with van der Waals surface area (Å²) in [4.78, 5) is 9.41. The Morgan fingerprint density at radius 2 is 1.67 bits per heavy atom. The highest BCUT2D eigenvalue weighted by atomic mass is 35.5. The van der Waals surface area contributed by atoms with Crippen molar-refractivity contribution in [2.24, 2.45) is 0 Å². The molecule has 0 amide bonds. The quantitative estimate of drug-likeness (QED) is 0.302. The third-order valence-electron chi connectivity index (χ3n) is 4.62. The van der Waals surface area contributed by atoms with Gasteiger partial charge in [-0.05, 0) is 42.5 Å². The molecule has 3 aromatic carbocycles. The Bertz CT molecular complexity index is 1310. The molecular formula is C23H16ClN3OS2. The molecule has 7 heteroatoms. The fourth-order valence-electron chi connectivity index (χ4n) is 3.06. The average Bonchev–Trinajstić information content (AvgIpc) is 3.41. The highest BCUT2D eigenvalue weighted by Crippen LogP contribution is 2.33. The summed E-state index contributed by atoms with van der Waals surface area (Å²) in [6, 6.07) is 21.9. The van der Waals surface area contributed by atoms with Crippen LogP contribution in [0.3, 0.4) is 0 Å². The van der Waals surface area contributed by atoms with Crippen LogP contribution in [-0.4, -0.2) is 17.1 Å². The van der Waals surface area contributed by atoms with Gasteiger partial charge in [0.1, 0.15) is 10.8 Å². The van der Waals surface area contributed by atoms with Crippen LogP contribution in [0.4, 0.5) is 10.8 Å². The summed E-state index contributed by atoms with van der Waals surface area (Å²) in [6.45, 7) is 0. The summed E-state index contributed by atoms with van der Waals surface area (Å²) >= 11 is 9.21. The van der Waals surface area contributed by atoms with E-state index in [0.717, 1.165) is 53.6 Å². The Morgan fingerprint density at radius 1 is 0.900 bits per heavy atom. The number of benzene rings is 3. The van der Waals surface area contributed by atoms with Gasteiger partial charge in [-0.3, -0.25) is 0 Å². The number of aromatic nitrogens is 2. The number of nitrogens with zero attached hydrogens (tertiary/aromatic N) is 2. The fraction of sp³-hybridized carbons (Fsp3) is 0.0435. The Morgan fingerprint density at radius 3 is 2.43 bits per heavy atom. The fourth-order valence-corrected chi connectivity index (χ4v) is 4.94. The van der Waals surface area contributed by atoms with Crippen molar-refractivity contribution >= 4 is 55.3 Å². The number of hydrogen-bond donors (Lipinski definition) is 1. The van der Waals surface area contributed by atoms with E-state index in [4.69, 9.17) is 21.3 Å². The molecule has 0 fully saturated rings. The van der Waals surface area contributed by atoms with Crippen molar-refractivity contribution in [3.63, 3.8) is 0 Å². The SMILES string of the molecule is COc1ccc2nc(Nc3ccc(-c4csc(-c5ccc(Cl)cc5)n4)cc3)sc2c1. The Hall–Kier alpha value is -2.93. The molecule has 0 bridgehead atoms. The van der Waals surface area contributed by atoms with Crippen LogP contribution in [0.15, 0.2) is 72.1 Å². The molecule has 0 saturated carbocycles. The van der Waals surface area contributed by atoms with Crippen LogP contribution in [0.5, 0.6) is 5.75 Å². The van der Waals surface area contributed by atoms with Gasteiger partial charge in [0, 0.05) is 27.2 Å². The third kappa shape index (κ3) is 3.89. The number of ether oxygens (including phenoxy) is 1. The first-order chi connectivity index (χ1) is 14.7. The lowest BCUT2D eigenvalue weighted by molar-refractivity contribution is 0.415. The number of nitrogens with one attached hydrogen (secondary N) is 1. The molecule has 0 atom stereocenters. The Labute approximate surface area is 186 Å². The van der Waals surface area contributed by atoms with Gasteiger partial charge < -0.3 is 10.1 Å². The first-order valence-electron chi connectivity index (χ1n) is 9.21. The Kier molecular flexibility index (Phi) is 5.12. The second-order valence-electron chi connectivity index (χ2n) is 6.60. The first kappa shape index (κ1) is 19.1. The van der Waals surface area contributed by atoms with Gasteiger partial charge in [-0.15, -0.1) is 11.3 Å². The highest BCUT2D eigenvalue weighted by Gasteiger charge is 2.08. The molecule has 0 aliphatic rings. The van der Waals surface area contributed by atoms with Crippen LogP contribution < -0.4 is 10.1 Å². The smallest absolute Gasteiger partial charge is 0.188 e. The molecule has 4 nitrogen and oxygen atoms in total. The molecule has 30 heavy (non-hydrogen) atoms. The zero-order chi connectivity index (χ0) is 20.5. The van der Waals surface area contributed by atoms with E-state index < -0.39 is 0 Å². The van der Waals surface area contributed by atoms with Gasteiger partial charge in [-0.25, -0.2) is 9.97 Å².